The SMILES string of the molecule is O=C(C1CC(C(F)(F)F)C1)N1C2CCC1CN(c1ncnn3cc(-c4cnn(C(F)F)c4)cc13)C2. The summed E-state index contributed by atoms with van der Waals surface area (Å²) in [5.74, 6) is -1.42. The quantitative estimate of drug-likeness (QED) is 0.516. The van der Waals surface area contributed by atoms with Gasteiger partial charge in [0.1, 0.15) is 11.8 Å². The summed E-state index contributed by atoms with van der Waals surface area (Å²) in [5.41, 5.74) is 1.88. The summed E-state index contributed by atoms with van der Waals surface area (Å²) in [5, 5.41) is 7.92. The third-order valence-electron chi connectivity index (χ3n) is 7.51. The molecule has 2 atom stereocenters. The molecular formula is C22H22F5N7O. The number of fused-ring (bicyclic) bond motifs is 3. The summed E-state index contributed by atoms with van der Waals surface area (Å²) in [6.07, 6.45) is 2.87. The number of alkyl halides is 5. The molecular weight excluding hydrogens is 473 g/mol. The number of carbonyl (C=O) groups excluding carboxylic acids is 1. The molecule has 6 rings (SSSR count). The molecule has 1 saturated carbocycles. The van der Waals surface area contributed by atoms with Crippen LogP contribution in [0.1, 0.15) is 32.2 Å². The molecule has 2 saturated heterocycles. The van der Waals surface area contributed by atoms with Crippen molar-refractivity contribution < 1.29 is 26.7 Å². The molecule has 0 N–H and O–H groups in total. The van der Waals surface area contributed by atoms with Crippen LogP contribution in [0.2, 0.25) is 0 Å². The van der Waals surface area contributed by atoms with E-state index in [0.717, 1.165) is 12.8 Å². The predicted molar refractivity (Wildman–Crippen MR) is 114 cm³/mol. The Morgan fingerprint density at radius 2 is 1.74 bits per heavy atom. The van der Waals surface area contributed by atoms with E-state index in [-0.39, 0.29) is 30.8 Å². The topological polar surface area (TPSA) is 71.6 Å². The van der Waals surface area contributed by atoms with E-state index in [1.165, 1.54) is 18.7 Å². The van der Waals surface area contributed by atoms with Crippen molar-refractivity contribution in [2.45, 2.75) is 50.5 Å². The second-order valence-electron chi connectivity index (χ2n) is 9.57. The summed E-state index contributed by atoms with van der Waals surface area (Å²) in [6.45, 7) is -1.69. The molecule has 2 aliphatic heterocycles. The number of hydrogen-bond acceptors (Lipinski definition) is 5. The number of aromatic nitrogens is 5. The van der Waals surface area contributed by atoms with Crippen molar-refractivity contribution in [1.29, 1.82) is 0 Å². The van der Waals surface area contributed by atoms with Crippen LogP contribution < -0.4 is 4.90 Å². The van der Waals surface area contributed by atoms with Crippen LogP contribution in [-0.4, -0.2) is 66.5 Å². The maximum absolute atomic E-state index is 13.0. The van der Waals surface area contributed by atoms with Crippen molar-refractivity contribution in [2.75, 3.05) is 18.0 Å². The minimum Gasteiger partial charge on any atom is -0.351 e. The van der Waals surface area contributed by atoms with Gasteiger partial charge in [0.2, 0.25) is 5.91 Å². The molecule has 3 fully saturated rings. The van der Waals surface area contributed by atoms with Gasteiger partial charge in [0.25, 0.3) is 0 Å². The monoisotopic (exact) mass is 495 g/mol. The van der Waals surface area contributed by atoms with E-state index in [2.05, 4.69) is 20.1 Å². The van der Waals surface area contributed by atoms with Crippen LogP contribution in [0.5, 0.6) is 0 Å². The maximum Gasteiger partial charge on any atom is 0.391 e. The Morgan fingerprint density at radius 3 is 2.37 bits per heavy atom. The van der Waals surface area contributed by atoms with Gasteiger partial charge >= 0.3 is 12.7 Å². The van der Waals surface area contributed by atoms with Gasteiger partial charge in [-0.1, -0.05) is 0 Å². The van der Waals surface area contributed by atoms with Crippen molar-refractivity contribution in [3.63, 3.8) is 0 Å². The minimum absolute atomic E-state index is 0.0834. The van der Waals surface area contributed by atoms with E-state index in [0.29, 0.717) is 40.2 Å². The number of piperazine rings is 1. The van der Waals surface area contributed by atoms with Crippen LogP contribution in [0.25, 0.3) is 16.6 Å². The standard InChI is InChI=1S/C22H22F5N7O/c23-21(24)33-8-14(6-29-33)13-5-18-19(28-11-30-32(18)7-13)31-9-16-1-2-17(10-31)34(16)20(35)12-3-15(4-12)22(25,26)27/h5-8,11-12,15-17,21H,1-4,9-10H2. The lowest BCUT2D eigenvalue weighted by Crippen LogP contribution is -2.59. The van der Waals surface area contributed by atoms with Gasteiger partial charge in [0, 0.05) is 54.6 Å². The zero-order valence-electron chi connectivity index (χ0n) is 18.4. The second-order valence-corrected chi connectivity index (χ2v) is 9.57. The highest BCUT2D eigenvalue weighted by atomic mass is 19.4. The van der Waals surface area contributed by atoms with Crippen molar-refractivity contribution in [2.24, 2.45) is 11.8 Å². The Kier molecular flexibility index (Phi) is 5.01. The molecule has 0 spiro atoms. The van der Waals surface area contributed by atoms with Gasteiger partial charge in [-0.3, -0.25) is 4.79 Å². The summed E-state index contributed by atoms with van der Waals surface area (Å²) < 4.78 is 66.7. The normalized spacial score (nSPS) is 26.6. The van der Waals surface area contributed by atoms with Crippen LogP contribution in [0.4, 0.5) is 27.8 Å². The lowest BCUT2D eigenvalue weighted by Gasteiger charge is -2.45. The highest BCUT2D eigenvalue weighted by Gasteiger charge is 2.53. The van der Waals surface area contributed by atoms with Gasteiger partial charge in [-0.25, -0.2) is 14.2 Å². The van der Waals surface area contributed by atoms with Crippen LogP contribution >= 0.6 is 0 Å². The molecule has 3 aromatic heterocycles. The van der Waals surface area contributed by atoms with Gasteiger partial charge in [-0.15, -0.1) is 0 Å². The smallest absolute Gasteiger partial charge is 0.351 e. The highest BCUT2D eigenvalue weighted by molar-refractivity contribution is 5.82. The zero-order chi connectivity index (χ0) is 24.5. The molecule has 3 aliphatic rings. The number of amides is 1. The molecule has 1 aliphatic carbocycles. The van der Waals surface area contributed by atoms with Crippen molar-refractivity contribution in [3.05, 3.63) is 31.0 Å². The first-order valence-corrected chi connectivity index (χ1v) is 11.5. The number of nitrogens with zero attached hydrogens (tertiary/aromatic N) is 7. The van der Waals surface area contributed by atoms with Crippen LogP contribution in [0, 0.1) is 11.8 Å². The van der Waals surface area contributed by atoms with Crippen LogP contribution in [-0.2, 0) is 4.79 Å². The number of hydrogen-bond donors (Lipinski definition) is 0. The van der Waals surface area contributed by atoms with Gasteiger partial charge in [-0.2, -0.15) is 32.1 Å². The van der Waals surface area contributed by atoms with E-state index >= 15 is 0 Å². The first kappa shape index (κ1) is 22.2. The Bertz CT molecular complexity index is 1250. The average Bonchev–Trinajstić information content (AvgIpc) is 3.47. The van der Waals surface area contributed by atoms with Gasteiger partial charge < -0.3 is 9.80 Å². The lowest BCUT2D eigenvalue weighted by atomic mass is 9.73. The van der Waals surface area contributed by atoms with Crippen molar-refractivity contribution >= 4 is 17.2 Å². The highest BCUT2D eigenvalue weighted by Crippen LogP contribution is 2.47. The van der Waals surface area contributed by atoms with E-state index in [4.69, 9.17) is 0 Å². The number of rotatable bonds is 4. The number of anilines is 1. The Balaban J connectivity index is 1.21. The lowest BCUT2D eigenvalue weighted by molar-refractivity contribution is -0.207. The van der Waals surface area contributed by atoms with Crippen molar-refractivity contribution in [1.82, 2.24) is 29.3 Å². The Labute approximate surface area is 196 Å². The third kappa shape index (κ3) is 3.71. The fraction of sp³-hybridized carbons (Fsp3) is 0.545. The van der Waals surface area contributed by atoms with E-state index < -0.39 is 24.6 Å². The first-order valence-electron chi connectivity index (χ1n) is 11.5. The fourth-order valence-corrected chi connectivity index (χ4v) is 5.65. The minimum atomic E-state index is -4.24. The molecule has 5 heterocycles. The number of carbonyl (C=O) groups is 1. The zero-order valence-corrected chi connectivity index (χ0v) is 18.4. The van der Waals surface area contributed by atoms with E-state index in [9.17, 15) is 26.7 Å². The summed E-state index contributed by atoms with van der Waals surface area (Å²) in [7, 11) is 0. The van der Waals surface area contributed by atoms with Crippen molar-refractivity contribution in [3.8, 4) is 11.1 Å². The third-order valence-corrected chi connectivity index (χ3v) is 7.51. The largest absolute Gasteiger partial charge is 0.391 e. The molecule has 1 amide bonds. The van der Waals surface area contributed by atoms with Gasteiger partial charge in [-0.05, 0) is 31.7 Å². The fourth-order valence-electron chi connectivity index (χ4n) is 5.65. The Hall–Kier alpha value is -3.25. The summed E-state index contributed by atoms with van der Waals surface area (Å²) >= 11 is 0. The van der Waals surface area contributed by atoms with E-state index in [1.807, 2.05) is 11.0 Å². The first-order chi connectivity index (χ1) is 16.7. The van der Waals surface area contributed by atoms with Gasteiger partial charge in [0.05, 0.1) is 12.1 Å². The Morgan fingerprint density at radius 1 is 1.03 bits per heavy atom. The molecule has 0 aromatic carbocycles. The van der Waals surface area contributed by atoms with Crippen LogP contribution in [0.3, 0.4) is 0 Å². The molecule has 8 nitrogen and oxygen atoms in total. The molecule has 3 aromatic rings. The molecule has 35 heavy (non-hydrogen) atoms. The van der Waals surface area contributed by atoms with Gasteiger partial charge in [0.15, 0.2) is 5.82 Å². The number of halogens is 5. The molecule has 13 heteroatoms. The van der Waals surface area contributed by atoms with E-state index in [1.54, 1.807) is 10.7 Å². The molecule has 2 unspecified atom stereocenters. The van der Waals surface area contributed by atoms with Crippen LogP contribution in [0.15, 0.2) is 31.0 Å². The summed E-state index contributed by atoms with van der Waals surface area (Å²) in [4.78, 5) is 21.4. The predicted octanol–water partition coefficient (Wildman–Crippen LogP) is 3.76. The molecule has 0 radical (unpaired) electrons. The average molecular weight is 495 g/mol. The second kappa shape index (κ2) is 7.89. The molecule has 186 valence electrons. The molecule has 2 bridgehead atoms. The maximum atomic E-state index is 13.0. The summed E-state index contributed by atoms with van der Waals surface area (Å²) in [6, 6.07) is 1.65.